The Hall–Kier alpha value is -1.68. The smallest absolute Gasteiger partial charge is 0.324 e. The van der Waals surface area contributed by atoms with E-state index in [1.807, 2.05) is 0 Å². The predicted octanol–water partition coefficient (Wildman–Crippen LogP) is 0.511. The number of esters is 1. The molecular weight excluding hydrogens is 368 g/mol. The van der Waals surface area contributed by atoms with Gasteiger partial charge < -0.3 is 9.64 Å². The van der Waals surface area contributed by atoms with Crippen molar-refractivity contribution in [1.82, 2.24) is 15.2 Å². The van der Waals surface area contributed by atoms with Crippen molar-refractivity contribution >= 4 is 21.7 Å². The summed E-state index contributed by atoms with van der Waals surface area (Å²) in [5, 5.41) is -0.820. The maximum absolute atomic E-state index is 12.9. The number of benzene rings is 1. The molecule has 2 N–H and O–H groups in total. The molecule has 9 heteroatoms. The van der Waals surface area contributed by atoms with Crippen LogP contribution in [0.4, 0.5) is 5.69 Å². The molecule has 0 bridgehead atoms. The van der Waals surface area contributed by atoms with Gasteiger partial charge in [-0.25, -0.2) is 19.3 Å². The topological polar surface area (TPSA) is 91.0 Å². The fourth-order valence-electron chi connectivity index (χ4n) is 3.54. The summed E-state index contributed by atoms with van der Waals surface area (Å²) in [6, 6.07) is 5.68. The first-order chi connectivity index (χ1) is 12.8. The Morgan fingerprint density at radius 3 is 2.56 bits per heavy atom. The van der Waals surface area contributed by atoms with Gasteiger partial charge in [0, 0.05) is 38.3 Å². The van der Waals surface area contributed by atoms with Gasteiger partial charge in [-0.15, -0.1) is 0 Å². The third kappa shape index (κ3) is 4.26. The van der Waals surface area contributed by atoms with Gasteiger partial charge in [-0.05, 0) is 38.0 Å². The van der Waals surface area contributed by atoms with E-state index in [-0.39, 0.29) is 13.0 Å². The van der Waals surface area contributed by atoms with Crippen molar-refractivity contribution in [1.29, 1.82) is 0 Å². The lowest BCUT2D eigenvalue weighted by Gasteiger charge is -2.37. The fourth-order valence-corrected chi connectivity index (χ4v) is 5.23. The molecule has 0 saturated carbocycles. The number of aryl methyl sites for hydroxylation is 2. The lowest BCUT2D eigenvalue weighted by Crippen LogP contribution is -2.53. The van der Waals surface area contributed by atoms with Gasteiger partial charge in [0.15, 0.2) is 0 Å². The molecule has 1 aromatic carbocycles. The van der Waals surface area contributed by atoms with Crippen LogP contribution >= 0.6 is 0 Å². The summed E-state index contributed by atoms with van der Waals surface area (Å²) in [5.74, 6) is -0.428. The maximum atomic E-state index is 12.9. The zero-order valence-corrected chi connectivity index (χ0v) is 16.9. The quantitative estimate of drug-likeness (QED) is 0.701. The van der Waals surface area contributed by atoms with Gasteiger partial charge in [-0.1, -0.05) is 12.1 Å². The van der Waals surface area contributed by atoms with Crippen LogP contribution in [-0.4, -0.2) is 62.9 Å². The number of rotatable bonds is 5. The number of hydrogen-bond donors (Lipinski definition) is 2. The second-order valence-corrected chi connectivity index (χ2v) is 9.15. The molecule has 2 unspecified atom stereocenters. The zero-order valence-electron chi connectivity index (χ0n) is 16.1. The van der Waals surface area contributed by atoms with Gasteiger partial charge in [0.05, 0.1) is 6.61 Å². The number of carbonyl (C=O) groups is 1. The molecule has 0 spiro atoms. The van der Waals surface area contributed by atoms with E-state index in [9.17, 15) is 13.2 Å². The van der Waals surface area contributed by atoms with Gasteiger partial charge in [-0.3, -0.25) is 4.79 Å². The third-order valence-corrected chi connectivity index (χ3v) is 7.22. The molecule has 150 valence electrons. The molecule has 2 fully saturated rings. The standard InChI is InChI=1S/C18H28N4O4S/c1-4-26-18(23)15-12-17(20-19-15)27(24,25)22-9-7-21(8-10-22)16-11-13(2)5-6-14(16)3/h5-6,11,15,17,19-20H,4,7-10,12H2,1-3H3. The number of hydrogen-bond acceptors (Lipinski definition) is 7. The average molecular weight is 397 g/mol. The summed E-state index contributed by atoms with van der Waals surface area (Å²) in [4.78, 5) is 14.0. The molecule has 0 amide bonds. The Bertz CT molecular complexity index is 791. The predicted molar refractivity (Wildman–Crippen MR) is 104 cm³/mol. The Kier molecular flexibility index (Phi) is 6.05. The summed E-state index contributed by atoms with van der Waals surface area (Å²) >= 11 is 0. The SMILES string of the molecule is CCOC(=O)C1CC(S(=O)(=O)N2CCN(c3cc(C)ccc3C)CC2)NN1. The highest BCUT2D eigenvalue weighted by Gasteiger charge is 2.41. The van der Waals surface area contributed by atoms with Crippen LogP contribution in [0, 0.1) is 13.8 Å². The minimum absolute atomic E-state index is 0.165. The van der Waals surface area contributed by atoms with E-state index in [2.05, 4.69) is 47.8 Å². The Labute approximate surface area is 160 Å². The Morgan fingerprint density at radius 1 is 1.19 bits per heavy atom. The molecule has 8 nitrogen and oxygen atoms in total. The van der Waals surface area contributed by atoms with Crippen molar-refractivity contribution < 1.29 is 17.9 Å². The number of hydrazine groups is 1. The second kappa shape index (κ2) is 8.14. The first-order valence-electron chi connectivity index (χ1n) is 9.31. The van der Waals surface area contributed by atoms with Gasteiger partial charge in [0.25, 0.3) is 0 Å². The number of nitrogens with one attached hydrogen (secondary N) is 2. The van der Waals surface area contributed by atoms with Crippen molar-refractivity contribution in [2.45, 2.75) is 38.6 Å². The number of ether oxygens (including phenoxy) is 1. The largest absolute Gasteiger partial charge is 0.465 e. The lowest BCUT2D eigenvalue weighted by atomic mass is 10.1. The minimum atomic E-state index is -3.54. The molecular formula is C18H28N4O4S. The van der Waals surface area contributed by atoms with Crippen LogP contribution in [0.3, 0.4) is 0 Å². The van der Waals surface area contributed by atoms with Crippen molar-refractivity contribution in [3.63, 3.8) is 0 Å². The van der Waals surface area contributed by atoms with E-state index in [1.54, 1.807) is 6.92 Å². The summed E-state index contributed by atoms with van der Waals surface area (Å²) in [6.45, 7) is 8.27. The van der Waals surface area contributed by atoms with Crippen LogP contribution in [-0.2, 0) is 19.6 Å². The van der Waals surface area contributed by atoms with Crippen molar-refractivity contribution in [3.05, 3.63) is 29.3 Å². The van der Waals surface area contributed by atoms with Crippen LogP contribution in [0.2, 0.25) is 0 Å². The Morgan fingerprint density at radius 2 is 1.89 bits per heavy atom. The monoisotopic (exact) mass is 396 g/mol. The molecule has 0 aromatic heterocycles. The number of carbonyl (C=O) groups excluding carboxylic acids is 1. The summed E-state index contributed by atoms with van der Waals surface area (Å²) < 4.78 is 32.3. The molecule has 2 aliphatic rings. The molecule has 27 heavy (non-hydrogen) atoms. The Balaban J connectivity index is 1.62. The van der Waals surface area contributed by atoms with E-state index in [0.717, 1.165) is 5.69 Å². The highest BCUT2D eigenvalue weighted by atomic mass is 32.2. The van der Waals surface area contributed by atoms with Gasteiger partial charge in [-0.2, -0.15) is 4.31 Å². The van der Waals surface area contributed by atoms with Crippen LogP contribution < -0.4 is 15.8 Å². The van der Waals surface area contributed by atoms with Crippen LogP contribution in [0.25, 0.3) is 0 Å². The van der Waals surface area contributed by atoms with E-state index < -0.39 is 27.4 Å². The van der Waals surface area contributed by atoms with Crippen LogP contribution in [0.15, 0.2) is 18.2 Å². The number of piperazine rings is 1. The van der Waals surface area contributed by atoms with Gasteiger partial charge in [0.2, 0.25) is 10.0 Å². The van der Waals surface area contributed by atoms with Crippen molar-refractivity contribution in [2.24, 2.45) is 0 Å². The molecule has 2 atom stereocenters. The number of sulfonamides is 1. The van der Waals surface area contributed by atoms with E-state index >= 15 is 0 Å². The fraction of sp³-hybridized carbons (Fsp3) is 0.611. The molecule has 2 heterocycles. The molecule has 2 aliphatic heterocycles. The number of anilines is 1. The lowest BCUT2D eigenvalue weighted by molar-refractivity contribution is -0.145. The zero-order chi connectivity index (χ0) is 19.6. The third-order valence-electron chi connectivity index (χ3n) is 5.10. The van der Waals surface area contributed by atoms with Crippen molar-refractivity contribution in [3.8, 4) is 0 Å². The molecule has 3 rings (SSSR count). The average Bonchev–Trinajstić information content (AvgIpc) is 3.15. The first-order valence-corrected chi connectivity index (χ1v) is 10.8. The van der Waals surface area contributed by atoms with E-state index in [0.29, 0.717) is 26.2 Å². The maximum Gasteiger partial charge on any atom is 0.324 e. The summed E-state index contributed by atoms with van der Waals surface area (Å²) in [5.41, 5.74) is 9.04. The minimum Gasteiger partial charge on any atom is -0.465 e. The second-order valence-electron chi connectivity index (χ2n) is 7.04. The summed E-state index contributed by atoms with van der Waals surface area (Å²) in [6.07, 6.45) is 0.165. The molecule has 2 saturated heterocycles. The molecule has 0 radical (unpaired) electrons. The first kappa shape index (κ1) is 20.1. The van der Waals surface area contributed by atoms with Gasteiger partial charge >= 0.3 is 5.97 Å². The van der Waals surface area contributed by atoms with E-state index in [1.165, 1.54) is 15.4 Å². The van der Waals surface area contributed by atoms with Crippen LogP contribution in [0.5, 0.6) is 0 Å². The molecule has 0 aliphatic carbocycles. The van der Waals surface area contributed by atoms with Crippen LogP contribution in [0.1, 0.15) is 24.5 Å². The normalized spacial score (nSPS) is 24.2. The molecule has 1 aromatic rings. The summed E-state index contributed by atoms with van der Waals surface area (Å²) in [7, 11) is -3.54. The van der Waals surface area contributed by atoms with E-state index in [4.69, 9.17) is 4.74 Å². The van der Waals surface area contributed by atoms with Crippen molar-refractivity contribution in [2.75, 3.05) is 37.7 Å². The highest BCUT2D eigenvalue weighted by Crippen LogP contribution is 2.25. The number of nitrogens with zero attached hydrogens (tertiary/aromatic N) is 2. The van der Waals surface area contributed by atoms with Gasteiger partial charge in [0.1, 0.15) is 11.4 Å². The highest BCUT2D eigenvalue weighted by molar-refractivity contribution is 7.89.